The average Bonchev–Trinajstić information content (AvgIpc) is 3.66. The van der Waals surface area contributed by atoms with Crippen LogP contribution in [0.1, 0.15) is 68.0 Å². The first-order valence-electron chi connectivity index (χ1n) is 17.2. The van der Waals surface area contributed by atoms with Crippen LogP contribution in [0, 0.1) is 45.7 Å². The Labute approximate surface area is 310 Å². The van der Waals surface area contributed by atoms with Gasteiger partial charge in [-0.1, -0.05) is 64.4 Å². The van der Waals surface area contributed by atoms with E-state index in [2.05, 4.69) is 146 Å². The van der Waals surface area contributed by atoms with E-state index in [9.17, 15) is 0 Å². The molecule has 50 heavy (non-hydrogen) atoms. The van der Waals surface area contributed by atoms with Gasteiger partial charge in [0.2, 0.25) is 0 Å². The number of aryl methyl sites for hydroxylation is 2. The van der Waals surface area contributed by atoms with Crippen LogP contribution >= 0.6 is 0 Å². The number of fused-ring (bicyclic) bond motifs is 3. The van der Waals surface area contributed by atoms with Crippen LogP contribution in [0.3, 0.4) is 0 Å². The molecule has 6 heteroatoms. The number of rotatable bonds is 7. The molecule has 3 heterocycles. The molecule has 7 rings (SSSR count). The first kappa shape index (κ1) is 35.4. The molecule has 0 unspecified atom stereocenters. The van der Waals surface area contributed by atoms with Gasteiger partial charge < -0.3 is 9.30 Å². The Morgan fingerprint density at radius 2 is 1.56 bits per heavy atom. The monoisotopic (exact) mass is 839 g/mol. The van der Waals surface area contributed by atoms with Gasteiger partial charge in [0, 0.05) is 35.0 Å². The number of ether oxygens (including phenoxy) is 1. The molecule has 0 spiro atoms. The van der Waals surface area contributed by atoms with Crippen LogP contribution in [0.15, 0.2) is 85.3 Å². The van der Waals surface area contributed by atoms with Gasteiger partial charge in [-0.05, 0) is 108 Å². The van der Waals surface area contributed by atoms with E-state index in [4.69, 9.17) is 14.8 Å². The second-order valence-corrected chi connectivity index (χ2v) is 14.8. The number of pyridine rings is 1. The molecule has 0 amide bonds. The number of nitrogens with zero attached hydrogens (tertiary/aromatic N) is 4. The van der Waals surface area contributed by atoms with Crippen molar-refractivity contribution in [1.82, 2.24) is 19.3 Å². The fourth-order valence-electron chi connectivity index (χ4n) is 6.88. The van der Waals surface area contributed by atoms with Crippen LogP contribution in [0.4, 0.5) is 0 Å². The number of para-hydroxylation sites is 1. The number of hydrogen-bond acceptors (Lipinski definition) is 3. The summed E-state index contributed by atoms with van der Waals surface area (Å²) in [5, 5.41) is 7.07. The first-order chi connectivity index (χ1) is 23.4. The van der Waals surface area contributed by atoms with Crippen LogP contribution in [0.25, 0.3) is 44.4 Å². The molecular weight excluding hydrogens is 796 g/mol. The standard InChI is InChI=1S/C44H44N4O.Pt/c1-27(2)18-32-20-35(47-26-33(25-46-47)43-30(5)28(3)19-29(4)31(43)6)23-37(21-32)49-36-14-15-39-38-12-10-11-13-40(38)48(41(39)24-36)42-22-34(16-17-45-42)44(7,8)9;/h10-17,19-22,25-27H,18H2,1-9H3;/q-2;+2. The fourth-order valence-corrected chi connectivity index (χ4v) is 6.88. The number of aromatic nitrogens is 4. The van der Waals surface area contributed by atoms with Crippen molar-refractivity contribution in [3.63, 3.8) is 0 Å². The predicted octanol–water partition coefficient (Wildman–Crippen LogP) is 11.2. The molecule has 0 aliphatic carbocycles. The van der Waals surface area contributed by atoms with Crippen LogP contribution < -0.4 is 4.74 Å². The van der Waals surface area contributed by atoms with Gasteiger partial charge in [0.25, 0.3) is 0 Å². The van der Waals surface area contributed by atoms with Gasteiger partial charge in [-0.2, -0.15) is 16.7 Å². The Balaban J connectivity index is 0.00000432. The van der Waals surface area contributed by atoms with Crippen molar-refractivity contribution in [3.05, 3.63) is 131 Å². The molecule has 7 aromatic rings. The van der Waals surface area contributed by atoms with Crippen LogP contribution in [0.5, 0.6) is 11.5 Å². The summed E-state index contributed by atoms with van der Waals surface area (Å²) in [4.78, 5) is 4.82. The smallest absolute Gasteiger partial charge is 0.509 e. The maximum Gasteiger partial charge on any atom is 2.00 e. The Morgan fingerprint density at radius 1 is 0.820 bits per heavy atom. The minimum Gasteiger partial charge on any atom is -0.509 e. The van der Waals surface area contributed by atoms with E-state index in [1.165, 1.54) is 38.9 Å². The van der Waals surface area contributed by atoms with E-state index >= 15 is 0 Å². The van der Waals surface area contributed by atoms with Crippen LogP contribution in [-0.4, -0.2) is 19.3 Å². The van der Waals surface area contributed by atoms with Crippen molar-refractivity contribution < 1.29 is 25.8 Å². The molecule has 0 aliphatic heterocycles. The molecule has 0 N–H and O–H groups in total. The van der Waals surface area contributed by atoms with Crippen LogP contribution in [-0.2, 0) is 32.9 Å². The molecule has 0 saturated carbocycles. The Kier molecular flexibility index (Phi) is 9.67. The third-order valence-corrected chi connectivity index (χ3v) is 9.64. The third kappa shape index (κ3) is 6.68. The summed E-state index contributed by atoms with van der Waals surface area (Å²) in [6.07, 6.45) is 6.88. The molecule has 4 aromatic carbocycles. The van der Waals surface area contributed by atoms with E-state index in [1.54, 1.807) is 0 Å². The van der Waals surface area contributed by atoms with Gasteiger partial charge in [0.15, 0.2) is 0 Å². The van der Waals surface area contributed by atoms with Crippen molar-refractivity contribution in [1.29, 1.82) is 0 Å². The van der Waals surface area contributed by atoms with Crippen molar-refractivity contribution in [2.75, 3.05) is 0 Å². The molecular formula is C44H44N4OPt. The molecule has 256 valence electrons. The number of hydrogen-bond donors (Lipinski definition) is 0. The summed E-state index contributed by atoms with van der Waals surface area (Å²) in [6.45, 7) is 19.9. The first-order valence-corrected chi connectivity index (χ1v) is 17.2. The Morgan fingerprint density at radius 3 is 2.28 bits per heavy atom. The SMILES string of the molecule is Cc1cc(C)c(C)c(-c2cnn(-c3[c-]c(Oc4[c-]c5c(cc4)c4ccccc4n5-c4cc(C(C)(C)C)ccn4)cc(CC(C)C)c3)c2)c1C.[Pt+2]. The van der Waals surface area contributed by atoms with Gasteiger partial charge in [-0.25, -0.2) is 4.98 Å². The van der Waals surface area contributed by atoms with Crippen molar-refractivity contribution in [2.24, 2.45) is 5.92 Å². The average molecular weight is 840 g/mol. The van der Waals surface area contributed by atoms with Crippen molar-refractivity contribution >= 4 is 21.8 Å². The van der Waals surface area contributed by atoms with E-state index in [0.717, 1.165) is 45.3 Å². The van der Waals surface area contributed by atoms with Gasteiger partial charge in [-0.15, -0.1) is 35.7 Å². The van der Waals surface area contributed by atoms with E-state index in [-0.39, 0.29) is 26.5 Å². The molecule has 0 bridgehead atoms. The summed E-state index contributed by atoms with van der Waals surface area (Å²) in [5.74, 6) is 2.60. The normalized spacial score (nSPS) is 11.8. The number of benzene rings is 4. The van der Waals surface area contributed by atoms with E-state index < -0.39 is 0 Å². The zero-order chi connectivity index (χ0) is 34.6. The maximum atomic E-state index is 6.61. The minimum atomic E-state index is -0.00500. The maximum absolute atomic E-state index is 6.61. The van der Waals surface area contributed by atoms with Crippen molar-refractivity contribution in [2.45, 2.75) is 74.1 Å². The van der Waals surface area contributed by atoms with Gasteiger partial charge in [0.05, 0.1) is 6.20 Å². The summed E-state index contributed by atoms with van der Waals surface area (Å²) in [5.41, 5.74) is 12.7. The van der Waals surface area contributed by atoms with Gasteiger partial charge in [-0.3, -0.25) is 4.68 Å². The van der Waals surface area contributed by atoms with E-state index in [1.807, 2.05) is 23.1 Å². The van der Waals surface area contributed by atoms with Gasteiger partial charge in [0.1, 0.15) is 5.82 Å². The summed E-state index contributed by atoms with van der Waals surface area (Å²) in [6, 6.07) is 30.5. The van der Waals surface area contributed by atoms with Gasteiger partial charge >= 0.3 is 21.1 Å². The molecule has 0 atom stereocenters. The topological polar surface area (TPSA) is 44.9 Å². The molecule has 3 aromatic heterocycles. The second-order valence-electron chi connectivity index (χ2n) is 14.8. The molecule has 0 aliphatic rings. The zero-order valence-electron chi connectivity index (χ0n) is 30.4. The predicted molar refractivity (Wildman–Crippen MR) is 202 cm³/mol. The second kappa shape index (κ2) is 13.7. The van der Waals surface area contributed by atoms with E-state index in [0.29, 0.717) is 17.4 Å². The summed E-state index contributed by atoms with van der Waals surface area (Å²) in [7, 11) is 0. The van der Waals surface area contributed by atoms with Crippen LogP contribution in [0.2, 0.25) is 0 Å². The summed E-state index contributed by atoms with van der Waals surface area (Å²) >= 11 is 0. The summed E-state index contributed by atoms with van der Waals surface area (Å²) < 4.78 is 10.7. The fraction of sp³-hybridized carbons (Fsp3) is 0.273. The largest absolute Gasteiger partial charge is 2.00 e. The van der Waals surface area contributed by atoms with Crippen molar-refractivity contribution in [3.8, 4) is 34.1 Å². The molecule has 0 radical (unpaired) electrons. The molecule has 5 nitrogen and oxygen atoms in total. The molecule has 0 fully saturated rings. The quantitative estimate of drug-likeness (QED) is 0.150. The minimum absolute atomic E-state index is 0. The third-order valence-electron chi connectivity index (χ3n) is 9.64. The Bertz CT molecular complexity index is 2330. The Hall–Kier alpha value is -4.47. The molecule has 0 saturated heterocycles. The zero-order valence-corrected chi connectivity index (χ0v) is 32.7.